The summed E-state index contributed by atoms with van der Waals surface area (Å²) in [6, 6.07) is 91.1. The fourth-order valence-electron chi connectivity index (χ4n) is 8.71. The molecule has 327 valence electrons. The van der Waals surface area contributed by atoms with Crippen molar-refractivity contribution in [1.29, 1.82) is 0 Å². The molecular weight excluding hydrogens is 1000 g/mol. The molecule has 1 radical (unpaired) electrons. The van der Waals surface area contributed by atoms with Crippen LogP contribution < -0.4 is 0 Å². The van der Waals surface area contributed by atoms with Gasteiger partial charge in [0, 0.05) is 32.5 Å². The summed E-state index contributed by atoms with van der Waals surface area (Å²) < 4.78 is 0. The molecule has 11 rings (SSSR count). The molecule has 4 heteroatoms. The molecular formula is C64H43IrN3-4. The van der Waals surface area contributed by atoms with Gasteiger partial charge in [-0.3, -0.25) is 4.98 Å². The van der Waals surface area contributed by atoms with E-state index in [9.17, 15) is 0 Å². The maximum Gasteiger partial charge on any atom is 0.0595 e. The molecule has 0 unspecified atom stereocenters. The van der Waals surface area contributed by atoms with Crippen LogP contribution in [0.25, 0.3) is 112 Å². The molecule has 0 N–H and O–H groups in total. The van der Waals surface area contributed by atoms with Crippen molar-refractivity contribution in [1.82, 2.24) is 15.0 Å². The van der Waals surface area contributed by atoms with E-state index in [0.29, 0.717) is 0 Å². The van der Waals surface area contributed by atoms with Gasteiger partial charge < -0.3 is 17.4 Å². The summed E-state index contributed by atoms with van der Waals surface area (Å²) in [5.41, 5.74) is 20.9. The molecule has 3 nitrogen and oxygen atoms in total. The number of pyridine rings is 3. The molecule has 0 bridgehead atoms. The third-order valence-electron chi connectivity index (χ3n) is 12.0. The molecule has 0 fully saturated rings. The Balaban J connectivity index is 0.00000289. The van der Waals surface area contributed by atoms with Crippen molar-refractivity contribution in [3.8, 4) is 112 Å². The van der Waals surface area contributed by atoms with Crippen molar-refractivity contribution in [2.45, 2.75) is 0 Å². The topological polar surface area (TPSA) is 38.7 Å². The summed E-state index contributed by atoms with van der Waals surface area (Å²) in [6.07, 6.45) is 3.64. The number of aromatic nitrogens is 3. The molecule has 0 saturated carbocycles. The number of benzene rings is 8. The second-order valence-corrected chi connectivity index (χ2v) is 16.1. The molecule has 3 aromatic heterocycles. The van der Waals surface area contributed by atoms with E-state index < -0.39 is 0 Å². The third-order valence-corrected chi connectivity index (χ3v) is 12.0. The van der Waals surface area contributed by atoms with Crippen LogP contribution >= 0.6 is 0 Å². The predicted molar refractivity (Wildman–Crippen MR) is 277 cm³/mol. The van der Waals surface area contributed by atoms with E-state index in [-0.39, 0.29) is 27.5 Å². The Morgan fingerprint density at radius 2 is 0.603 bits per heavy atom. The van der Waals surface area contributed by atoms with E-state index >= 15 is 0 Å². The molecule has 0 atom stereocenters. The standard InChI is InChI=1S/C63H40N3.CH3.Ir/c1-2-15-47(16-3-1)62-25-14-26-63(66-62)50-37-31-46(32-38-50)56-19-6-9-22-59(56)53-42-51(57-20-7-4-17-54(57)44-27-33-48(34-28-44)60-23-10-12-39-64-60)41-52(43-53)58-21-8-5-18-55(58)45-29-35-49(36-30-45)61-24-11-13-40-65-61;;/h1-33,35,37,39-43H;1H3;/q-3;-1;. The second kappa shape index (κ2) is 20.6. The van der Waals surface area contributed by atoms with Crippen LogP contribution in [0.15, 0.2) is 243 Å². The Bertz CT molecular complexity index is 3280. The first-order valence-electron chi connectivity index (χ1n) is 22.1. The summed E-state index contributed by atoms with van der Waals surface area (Å²) in [5, 5.41) is 0. The van der Waals surface area contributed by atoms with Crippen LogP contribution in [0.1, 0.15) is 0 Å². The average Bonchev–Trinajstić information content (AvgIpc) is 3.42. The quantitative estimate of drug-likeness (QED) is 0.128. The van der Waals surface area contributed by atoms with Crippen LogP contribution in [0.3, 0.4) is 0 Å². The molecule has 3 heterocycles. The normalized spacial score (nSPS) is 10.7. The molecule has 8 aromatic carbocycles. The zero-order valence-corrected chi connectivity index (χ0v) is 39.7. The zero-order chi connectivity index (χ0) is 44.1. The number of hydrogen-bond acceptors (Lipinski definition) is 3. The van der Waals surface area contributed by atoms with Crippen molar-refractivity contribution in [3.05, 3.63) is 269 Å². The first kappa shape index (κ1) is 45.0. The molecule has 0 amide bonds. The first-order valence-corrected chi connectivity index (χ1v) is 22.1. The molecule has 0 aliphatic rings. The number of hydrogen-bond donors (Lipinski definition) is 0. The van der Waals surface area contributed by atoms with Crippen molar-refractivity contribution >= 4 is 0 Å². The van der Waals surface area contributed by atoms with Gasteiger partial charge in [-0.2, -0.15) is 0 Å². The van der Waals surface area contributed by atoms with Gasteiger partial charge >= 0.3 is 0 Å². The van der Waals surface area contributed by atoms with E-state index in [2.05, 4.69) is 198 Å². The minimum absolute atomic E-state index is 0. The van der Waals surface area contributed by atoms with E-state index in [1.54, 1.807) is 0 Å². The first-order chi connectivity index (χ1) is 32.7. The second-order valence-electron chi connectivity index (χ2n) is 16.1. The predicted octanol–water partition coefficient (Wildman–Crippen LogP) is 16.4. The Hall–Kier alpha value is -8.14. The molecule has 0 aliphatic heterocycles. The maximum absolute atomic E-state index is 5.01. The smallest absolute Gasteiger partial charge is 0.0595 e. The van der Waals surface area contributed by atoms with Crippen LogP contribution in [-0.4, -0.2) is 15.0 Å². The Labute approximate surface area is 413 Å². The fourth-order valence-corrected chi connectivity index (χ4v) is 8.71. The van der Waals surface area contributed by atoms with Gasteiger partial charge in [0.15, 0.2) is 0 Å². The van der Waals surface area contributed by atoms with Crippen molar-refractivity contribution < 1.29 is 20.1 Å². The average molecular weight is 1050 g/mol. The van der Waals surface area contributed by atoms with E-state index in [1.807, 2.05) is 73.1 Å². The molecule has 68 heavy (non-hydrogen) atoms. The molecule has 11 aromatic rings. The number of nitrogens with zero attached hydrogens (tertiary/aromatic N) is 3. The van der Waals surface area contributed by atoms with Crippen LogP contribution in [0.5, 0.6) is 0 Å². The minimum atomic E-state index is 0. The Kier molecular flexibility index (Phi) is 13.6. The summed E-state index contributed by atoms with van der Waals surface area (Å²) in [5.74, 6) is 0. The summed E-state index contributed by atoms with van der Waals surface area (Å²) in [4.78, 5) is 14.1. The van der Waals surface area contributed by atoms with Crippen LogP contribution in [-0.2, 0) is 20.1 Å². The fraction of sp³-hybridized carbons (Fsp3) is 0. The van der Waals surface area contributed by atoms with E-state index in [0.717, 1.165) is 112 Å². The van der Waals surface area contributed by atoms with Gasteiger partial charge in [-0.05, 0) is 92.4 Å². The number of rotatable bonds is 10. The summed E-state index contributed by atoms with van der Waals surface area (Å²) in [7, 11) is 0. The van der Waals surface area contributed by atoms with Crippen LogP contribution in [0, 0.1) is 25.6 Å². The Morgan fingerprint density at radius 3 is 0.971 bits per heavy atom. The van der Waals surface area contributed by atoms with E-state index in [4.69, 9.17) is 4.98 Å². The molecule has 0 saturated heterocycles. The summed E-state index contributed by atoms with van der Waals surface area (Å²) in [6.45, 7) is 0. The van der Waals surface area contributed by atoms with Crippen molar-refractivity contribution in [3.63, 3.8) is 0 Å². The maximum atomic E-state index is 5.01. The van der Waals surface area contributed by atoms with Gasteiger partial charge in [0.25, 0.3) is 0 Å². The summed E-state index contributed by atoms with van der Waals surface area (Å²) >= 11 is 0. The van der Waals surface area contributed by atoms with Crippen LogP contribution in [0.4, 0.5) is 0 Å². The SMILES string of the molecule is [CH3-].[Ir].[c-]1cc(-c2ccccc2-c2cc(-c3ccccc3-c3c[c-]c(-c4ccccn4)cc3)cc(-c3ccccc3-c3c[c-]c(-c4cccc(-c5ccccc5)n4)cc3)c2)ccc1-c1ccccn1. The molecule has 0 spiro atoms. The largest absolute Gasteiger partial charge is 0.358 e. The minimum Gasteiger partial charge on any atom is -0.358 e. The van der Waals surface area contributed by atoms with Gasteiger partial charge in [-0.25, -0.2) is 0 Å². The van der Waals surface area contributed by atoms with Gasteiger partial charge in [0.1, 0.15) is 0 Å². The van der Waals surface area contributed by atoms with Crippen molar-refractivity contribution in [2.24, 2.45) is 0 Å². The van der Waals surface area contributed by atoms with E-state index in [1.165, 1.54) is 0 Å². The van der Waals surface area contributed by atoms with Crippen molar-refractivity contribution in [2.75, 3.05) is 0 Å². The van der Waals surface area contributed by atoms with Gasteiger partial charge in [0.2, 0.25) is 0 Å². The van der Waals surface area contributed by atoms with Crippen LogP contribution in [0.2, 0.25) is 0 Å². The van der Waals surface area contributed by atoms with Gasteiger partial charge in [0.05, 0.1) is 5.69 Å². The van der Waals surface area contributed by atoms with Gasteiger partial charge in [-0.1, -0.05) is 173 Å². The monoisotopic (exact) mass is 1050 g/mol. The third kappa shape index (κ3) is 9.43. The Morgan fingerprint density at radius 1 is 0.265 bits per heavy atom. The zero-order valence-electron chi connectivity index (χ0n) is 37.3. The molecule has 0 aliphatic carbocycles. The van der Waals surface area contributed by atoms with Gasteiger partial charge in [-0.15, -0.1) is 89.5 Å².